The van der Waals surface area contributed by atoms with Gasteiger partial charge in [-0.15, -0.1) is 21.8 Å². The van der Waals surface area contributed by atoms with Crippen LogP contribution in [0.5, 0.6) is 0 Å². The number of alkyl halides is 3. The summed E-state index contributed by atoms with van der Waals surface area (Å²) in [4.78, 5) is 87.9. The van der Waals surface area contributed by atoms with Crippen molar-refractivity contribution in [2.75, 3.05) is 78.7 Å². The third kappa shape index (κ3) is 29.2. The molecule has 0 spiro atoms. The number of halogens is 4. The normalized spacial score (nSPS) is 19.4. The predicted molar refractivity (Wildman–Crippen MR) is 430 cm³/mol. The van der Waals surface area contributed by atoms with Crippen molar-refractivity contribution in [3.8, 4) is 0 Å². The molecule has 0 aromatic carbocycles. The van der Waals surface area contributed by atoms with Crippen LogP contribution in [-0.4, -0.2) is 319 Å². The summed E-state index contributed by atoms with van der Waals surface area (Å²) >= 11 is 2.95. The first-order valence-electron chi connectivity index (χ1n) is 37.3. The standard InChI is InChI=1S/C15H21BN4O3.C12H17BN4O6S.C12H17BN4O3.C10H13N5O5S.C9H11IN2O2.C6H11BN2O.C2HF3O2.2Na/c1-3-8-23-20-14-9-13(10-18(11-14)15(20)21)19-7-5-12(17-19)4-6-16(2)22;1-13(19)4-2-9-3-5-16(14-9)10-6-11-8-15(7-10)12(18)17(11)21-24-23-22-20;1-13(19)4-2-9-3-5-16(14-9)10-6-11-8-15(7-10)12(18)17(11)20;11-4-7-1-2-14(12-7)8-3-9-6-13(5-8)10(16)15(9)18-21-20-19-17;1-2-3-14-12-8-4-7(10)5-11(6-8)9(12)13;1-7(10)4-2-6-3-5-8-9-6;3-2(4,5)1(6)7;;/h3,5,7,9,14,22H,1,4,6,8,10-11H2,2H3;3,5-6,11,19-20H,2,4,7-8H2,1H3;3,5-6,11,19-20H,2,4,7-8H2,1H3;1-3,9,17H,4-6,11H2;2,4,8H,1,3,5-6H2;3,5,10H,2,4H2,1H3,(H,8,9);(H,6,7);;/q;;;;;;;2*+1/p+1. The fourth-order valence-electron chi connectivity index (χ4n) is 12.8. The second kappa shape index (κ2) is 49.0. The number of hydrogen-bond acceptors (Lipinski definition) is 28. The van der Waals surface area contributed by atoms with Gasteiger partial charge in [0.15, 0.2) is 0 Å². The average Bonchev–Trinajstić information content (AvgIpc) is 1.65. The number of hydroxylamine groups is 10. The van der Waals surface area contributed by atoms with E-state index in [4.69, 9.17) is 43.7 Å². The van der Waals surface area contributed by atoms with Crippen molar-refractivity contribution in [2.45, 2.75) is 121 Å². The van der Waals surface area contributed by atoms with Crippen LogP contribution in [0.4, 0.5) is 37.1 Å². The Morgan fingerprint density at radius 3 is 1.19 bits per heavy atom. The molecular weight excluding hydrogens is 1780 g/mol. The third-order valence-corrected chi connectivity index (χ3v) is 20.0. The number of H-pyrrole nitrogens is 1. The van der Waals surface area contributed by atoms with E-state index in [1.165, 1.54) is 13.7 Å². The van der Waals surface area contributed by atoms with Crippen molar-refractivity contribution in [2.24, 2.45) is 0 Å². The van der Waals surface area contributed by atoms with E-state index in [0.717, 1.165) is 98.6 Å². The molecule has 43 nitrogen and oxygen atoms in total. The number of aromatic nitrogens is 10. The number of aryl methyl sites for hydroxylation is 4. The van der Waals surface area contributed by atoms with Gasteiger partial charge in [-0.1, -0.05) is 49.5 Å². The second-order valence-electron chi connectivity index (χ2n) is 28.0. The number of fused-ring (bicyclic) bond motifs is 10. The Labute approximate surface area is 760 Å². The molecule has 55 heteroatoms. The second-order valence-corrected chi connectivity index (χ2v) is 30.2. The van der Waals surface area contributed by atoms with Crippen LogP contribution >= 0.6 is 47.2 Å². The number of carboxylic acid groups (broad SMARTS) is 1. The minimum atomic E-state index is -5.08. The summed E-state index contributed by atoms with van der Waals surface area (Å²) in [5.74, 6) is -2.76. The van der Waals surface area contributed by atoms with E-state index in [9.17, 15) is 57.4 Å². The smallest absolute Gasteiger partial charge is 0.475 e. The molecule has 5 atom stereocenters. The SMILES string of the molecule is C=CCON1C(=O)N2CC(I)=CC1C2.C=CCON1C(=O)N2CC(n3ccc(CCB(C)O)n3)=CC1C2.CB(O)CCc1ccn(C2=CC3CN(C2)C(=O)N3O)n1.CB(O)CCc1ccn(C2=CC3CN(C2)C(=O)N3OSOOO)n1.CB(O)CCc1ccn[nH]1.O=C(O)C(F)(F)F.[NH3+]Cc1ccn(C2=CC3CN(C2)C(=O)N3OSOOO)n1.[Na+].[Na+]. The molecular formula is C66H92B4F3IN21Na2O22S2+3. The van der Waals surface area contributed by atoms with Crippen molar-refractivity contribution in [1.29, 1.82) is 0 Å². The van der Waals surface area contributed by atoms with Gasteiger partial charge < -0.3 is 55.4 Å². The van der Waals surface area contributed by atoms with Crippen molar-refractivity contribution < 1.29 is 185 Å². The van der Waals surface area contributed by atoms with Crippen molar-refractivity contribution in [3.05, 3.63) is 149 Å². The minimum Gasteiger partial charge on any atom is -0.475 e. The van der Waals surface area contributed by atoms with Gasteiger partial charge in [-0.25, -0.2) is 58.0 Å². The number of carboxylic acids is 1. The van der Waals surface area contributed by atoms with Crippen LogP contribution in [0.2, 0.25) is 52.6 Å². The Morgan fingerprint density at radius 1 is 0.537 bits per heavy atom. The zero-order chi connectivity index (χ0) is 86.2. The van der Waals surface area contributed by atoms with Gasteiger partial charge >= 0.3 is 101 Å². The molecule has 15 heterocycles. The summed E-state index contributed by atoms with van der Waals surface area (Å²) in [5.41, 5.74) is 12.1. The van der Waals surface area contributed by atoms with Crippen molar-refractivity contribution in [3.63, 3.8) is 0 Å². The number of nitrogens with zero attached hydrogens (tertiary/aromatic N) is 19. The van der Waals surface area contributed by atoms with Crippen LogP contribution in [0.3, 0.4) is 0 Å². The molecule has 10 bridgehead atoms. The summed E-state index contributed by atoms with van der Waals surface area (Å²) in [7, 11) is 0. The molecule has 121 heavy (non-hydrogen) atoms. The Balaban J connectivity index is 0.000000199. The molecule has 0 saturated carbocycles. The van der Waals surface area contributed by atoms with Crippen LogP contribution in [0, 0.1) is 0 Å². The van der Waals surface area contributed by atoms with E-state index in [1.54, 1.807) is 88.9 Å². The Bertz CT molecular complexity index is 4410. The third-order valence-electron chi connectivity index (χ3n) is 18.6. The maximum Gasteiger partial charge on any atom is 1.00 e. The van der Waals surface area contributed by atoms with Gasteiger partial charge in [0.05, 0.1) is 104 Å². The summed E-state index contributed by atoms with van der Waals surface area (Å²) in [6.07, 6.45) is 22.9. The van der Waals surface area contributed by atoms with Crippen molar-refractivity contribution in [1.82, 2.24) is 99.1 Å². The van der Waals surface area contributed by atoms with Crippen molar-refractivity contribution >= 4 is 134 Å². The first-order valence-corrected chi connectivity index (χ1v) is 39.7. The summed E-state index contributed by atoms with van der Waals surface area (Å²) < 4.78 is 58.3. The molecule has 5 aromatic heterocycles. The van der Waals surface area contributed by atoms with Gasteiger partial charge in [0.2, 0.25) is 24.6 Å². The first-order chi connectivity index (χ1) is 56.9. The number of aliphatic carboxylic acids is 1. The molecule has 5 aromatic rings. The van der Waals surface area contributed by atoms with E-state index >= 15 is 0 Å². The van der Waals surface area contributed by atoms with Gasteiger partial charge in [-0.3, -0.25) is 20.0 Å². The summed E-state index contributed by atoms with van der Waals surface area (Å²) in [6, 6.07) is 7.57. The zero-order valence-electron chi connectivity index (χ0n) is 67.1. The molecule has 15 rings (SSSR count). The number of hydrogen-bond donors (Lipinski definition) is 10. The number of nitrogens with one attached hydrogen (secondary N) is 1. The maximum absolute atomic E-state index is 12.3. The molecule has 5 unspecified atom stereocenters. The van der Waals surface area contributed by atoms with Crippen LogP contribution in [0.1, 0.15) is 28.5 Å². The van der Waals surface area contributed by atoms with E-state index in [-0.39, 0.29) is 147 Å². The minimum absolute atomic E-state index is 0. The Hall–Kier alpha value is -7.11. The monoisotopic (exact) mass is 1870 g/mol. The van der Waals surface area contributed by atoms with Crippen LogP contribution in [-0.2, 0) is 74.0 Å². The fourth-order valence-corrected chi connectivity index (χ4v) is 14.2. The molecule has 0 radical (unpaired) electrons. The van der Waals surface area contributed by atoms with E-state index in [0.29, 0.717) is 129 Å². The number of quaternary nitrogens is 1. The van der Waals surface area contributed by atoms with Crippen LogP contribution < -0.4 is 64.8 Å². The average molecular weight is 1870 g/mol. The van der Waals surface area contributed by atoms with Gasteiger partial charge in [0, 0.05) is 73.0 Å². The number of amides is 10. The van der Waals surface area contributed by atoms with Crippen LogP contribution in [0.15, 0.2) is 121 Å². The van der Waals surface area contributed by atoms with Gasteiger partial charge in [0.1, 0.15) is 24.3 Å². The van der Waals surface area contributed by atoms with Gasteiger partial charge in [-0.2, -0.15) is 72.5 Å². The molecule has 644 valence electrons. The van der Waals surface area contributed by atoms with E-state index in [1.807, 2.05) is 79.4 Å². The fraction of sp³-hybridized carbons (Fsp3) is 0.470. The Kier molecular flexibility index (Phi) is 40.9. The Morgan fingerprint density at radius 2 is 0.860 bits per heavy atom. The van der Waals surface area contributed by atoms with E-state index < -0.39 is 12.1 Å². The number of rotatable bonds is 31. The molecule has 10 amide bonds. The molecule has 5 saturated heterocycles. The summed E-state index contributed by atoms with van der Waals surface area (Å²) in [5, 5.41) is 107. The van der Waals surface area contributed by atoms with Gasteiger partial charge in [0.25, 0.3) is 27.7 Å². The molecule has 12 N–H and O–H groups in total. The quantitative estimate of drug-likeness (QED) is 0.00359. The number of carbonyl (C=O) groups is 6. The molecule has 0 aliphatic carbocycles. The van der Waals surface area contributed by atoms with Crippen LogP contribution in [0.25, 0.3) is 22.8 Å². The number of carbonyl (C=O) groups excluding carboxylic acids is 5. The largest absolute Gasteiger partial charge is 1.00 e. The van der Waals surface area contributed by atoms with E-state index in [2.05, 4.69) is 96.9 Å². The van der Waals surface area contributed by atoms with Gasteiger partial charge in [-0.05, 0) is 134 Å². The molecule has 10 aliphatic heterocycles. The zero-order valence-corrected chi connectivity index (χ0v) is 74.9. The topological polar surface area (TPSA) is 498 Å². The maximum atomic E-state index is 12.3. The predicted octanol–water partition coefficient (Wildman–Crippen LogP) is -1.33. The number of aromatic amines is 1. The first kappa shape index (κ1) is 101. The molecule has 10 aliphatic rings. The summed E-state index contributed by atoms with van der Waals surface area (Å²) in [6.45, 7) is 19.7. The molecule has 5 fully saturated rings. The number of urea groups is 5.